The Hall–Kier alpha value is -1.26. The molecular weight excluding hydrogens is 244 g/mol. The van der Waals surface area contributed by atoms with Gasteiger partial charge in [-0.3, -0.25) is 4.79 Å². The number of likely N-dealkylation sites (tertiary alicyclic amines) is 1. The number of primary amides is 1. The van der Waals surface area contributed by atoms with Gasteiger partial charge in [0.25, 0.3) is 0 Å². The van der Waals surface area contributed by atoms with Gasteiger partial charge in [0.05, 0.1) is 0 Å². The molecule has 0 radical (unpaired) electrons. The lowest BCUT2D eigenvalue weighted by molar-refractivity contribution is -0.121. The van der Waals surface area contributed by atoms with Crippen molar-refractivity contribution in [2.45, 2.75) is 46.1 Å². The van der Waals surface area contributed by atoms with Crippen molar-refractivity contribution in [1.82, 2.24) is 4.90 Å². The monoisotopic (exact) mass is 268 g/mol. The molecule has 1 heterocycles. The maximum Gasteiger partial charge on any atom is 0.410 e. The molecule has 0 bridgehead atoms. The van der Waals surface area contributed by atoms with Gasteiger partial charge in [-0.05, 0) is 44.9 Å². The smallest absolute Gasteiger partial charge is 0.410 e. The number of amides is 2. The fraction of sp³-hybridized carbons (Fsp3) is 0.857. The number of rotatable bonds is 1. The summed E-state index contributed by atoms with van der Waals surface area (Å²) in [5.41, 5.74) is 4.94. The van der Waals surface area contributed by atoms with Crippen molar-refractivity contribution in [3.05, 3.63) is 0 Å². The van der Waals surface area contributed by atoms with Crippen LogP contribution in [0.25, 0.3) is 0 Å². The summed E-state index contributed by atoms with van der Waals surface area (Å²) in [6, 6.07) is 0. The minimum absolute atomic E-state index is 0.0105. The first kappa shape index (κ1) is 14.2. The molecule has 0 aromatic rings. The average Bonchev–Trinajstić information content (AvgIpc) is 2.66. The SMILES string of the molecule is CC(C)(C)OC(=O)N1CC2CC(C(N)=O)CC2(C)C1. The second-order valence-corrected chi connectivity index (χ2v) is 7.25. The van der Waals surface area contributed by atoms with Gasteiger partial charge in [0, 0.05) is 19.0 Å². The van der Waals surface area contributed by atoms with Crippen molar-refractivity contribution in [2.75, 3.05) is 13.1 Å². The van der Waals surface area contributed by atoms with Crippen molar-refractivity contribution in [3.63, 3.8) is 0 Å². The van der Waals surface area contributed by atoms with Gasteiger partial charge >= 0.3 is 6.09 Å². The summed E-state index contributed by atoms with van der Waals surface area (Å²) in [5, 5.41) is 0. The summed E-state index contributed by atoms with van der Waals surface area (Å²) in [6.07, 6.45) is 1.33. The van der Waals surface area contributed by atoms with Crippen LogP contribution in [0.2, 0.25) is 0 Å². The Labute approximate surface area is 114 Å². The first-order valence-corrected chi connectivity index (χ1v) is 6.88. The molecule has 3 unspecified atom stereocenters. The minimum Gasteiger partial charge on any atom is -0.444 e. The third kappa shape index (κ3) is 2.85. The van der Waals surface area contributed by atoms with Gasteiger partial charge in [0.1, 0.15) is 5.60 Å². The maximum absolute atomic E-state index is 12.1. The average molecular weight is 268 g/mol. The first-order chi connectivity index (χ1) is 8.61. The molecule has 0 aromatic heterocycles. The van der Waals surface area contributed by atoms with E-state index in [4.69, 9.17) is 10.5 Å². The predicted octanol–water partition coefficient (Wildman–Crippen LogP) is 1.75. The van der Waals surface area contributed by atoms with Gasteiger partial charge in [-0.2, -0.15) is 0 Å². The van der Waals surface area contributed by atoms with Crippen LogP contribution in [0.5, 0.6) is 0 Å². The van der Waals surface area contributed by atoms with Crippen molar-refractivity contribution >= 4 is 12.0 Å². The second kappa shape index (κ2) is 4.39. The van der Waals surface area contributed by atoms with E-state index in [1.807, 2.05) is 20.8 Å². The summed E-state index contributed by atoms with van der Waals surface area (Å²) in [7, 11) is 0. The van der Waals surface area contributed by atoms with Crippen LogP contribution in [0.15, 0.2) is 0 Å². The molecule has 1 saturated carbocycles. The number of fused-ring (bicyclic) bond motifs is 1. The fourth-order valence-corrected chi connectivity index (χ4v) is 3.38. The molecule has 2 amide bonds. The van der Waals surface area contributed by atoms with E-state index in [2.05, 4.69) is 6.92 Å². The summed E-state index contributed by atoms with van der Waals surface area (Å²) >= 11 is 0. The van der Waals surface area contributed by atoms with Crippen LogP contribution < -0.4 is 5.73 Å². The van der Waals surface area contributed by atoms with E-state index >= 15 is 0 Å². The van der Waals surface area contributed by atoms with Gasteiger partial charge in [-0.1, -0.05) is 6.92 Å². The number of carbonyl (C=O) groups excluding carboxylic acids is 2. The molecule has 0 aromatic carbocycles. The molecule has 2 rings (SSSR count). The molecule has 3 atom stereocenters. The molecule has 1 aliphatic carbocycles. The summed E-state index contributed by atoms with van der Waals surface area (Å²) in [5.74, 6) is 0.118. The van der Waals surface area contributed by atoms with E-state index in [-0.39, 0.29) is 23.3 Å². The number of hydrogen-bond acceptors (Lipinski definition) is 3. The highest BCUT2D eigenvalue weighted by molar-refractivity contribution is 5.77. The van der Waals surface area contributed by atoms with Crippen LogP contribution >= 0.6 is 0 Å². The van der Waals surface area contributed by atoms with E-state index in [0.717, 1.165) is 12.8 Å². The highest BCUT2D eigenvalue weighted by atomic mass is 16.6. The van der Waals surface area contributed by atoms with Crippen molar-refractivity contribution in [3.8, 4) is 0 Å². The van der Waals surface area contributed by atoms with E-state index in [0.29, 0.717) is 19.0 Å². The van der Waals surface area contributed by atoms with Crippen LogP contribution in [0.1, 0.15) is 40.5 Å². The lowest BCUT2D eigenvalue weighted by atomic mass is 9.83. The standard InChI is InChI=1S/C14H24N2O3/c1-13(2,3)19-12(18)16-7-10-5-9(11(15)17)6-14(10,4)8-16/h9-10H,5-8H2,1-4H3,(H2,15,17). The molecule has 19 heavy (non-hydrogen) atoms. The maximum atomic E-state index is 12.1. The second-order valence-electron chi connectivity index (χ2n) is 7.25. The normalized spacial score (nSPS) is 34.2. The molecule has 0 spiro atoms. The predicted molar refractivity (Wildman–Crippen MR) is 71.3 cm³/mol. The number of carbonyl (C=O) groups is 2. The Bertz CT molecular complexity index is 402. The van der Waals surface area contributed by atoms with E-state index in [9.17, 15) is 9.59 Å². The molecule has 1 saturated heterocycles. The van der Waals surface area contributed by atoms with Crippen LogP contribution in [-0.2, 0) is 9.53 Å². The van der Waals surface area contributed by atoms with Gasteiger partial charge in [0.2, 0.25) is 5.91 Å². The largest absolute Gasteiger partial charge is 0.444 e. The van der Waals surface area contributed by atoms with Crippen LogP contribution in [0, 0.1) is 17.3 Å². The van der Waals surface area contributed by atoms with Gasteiger partial charge < -0.3 is 15.4 Å². The van der Waals surface area contributed by atoms with E-state index in [1.165, 1.54) is 0 Å². The Morgan fingerprint density at radius 1 is 1.37 bits per heavy atom. The Morgan fingerprint density at radius 3 is 2.47 bits per heavy atom. The molecule has 5 heteroatoms. The summed E-state index contributed by atoms with van der Waals surface area (Å²) < 4.78 is 5.40. The van der Waals surface area contributed by atoms with Gasteiger partial charge in [-0.15, -0.1) is 0 Å². The molecule has 2 N–H and O–H groups in total. The molecule has 2 fully saturated rings. The van der Waals surface area contributed by atoms with Crippen LogP contribution in [-0.4, -0.2) is 35.6 Å². The third-order valence-corrected chi connectivity index (χ3v) is 4.31. The van der Waals surface area contributed by atoms with Gasteiger partial charge in [-0.25, -0.2) is 4.79 Å². The topological polar surface area (TPSA) is 72.6 Å². The highest BCUT2D eigenvalue weighted by Crippen LogP contribution is 2.51. The molecule has 108 valence electrons. The van der Waals surface area contributed by atoms with Crippen molar-refractivity contribution in [2.24, 2.45) is 23.0 Å². The van der Waals surface area contributed by atoms with E-state index in [1.54, 1.807) is 4.90 Å². The minimum atomic E-state index is -0.467. The fourth-order valence-electron chi connectivity index (χ4n) is 3.38. The zero-order valence-corrected chi connectivity index (χ0v) is 12.2. The number of ether oxygens (including phenoxy) is 1. The van der Waals surface area contributed by atoms with Crippen LogP contribution in [0.4, 0.5) is 4.79 Å². The highest BCUT2D eigenvalue weighted by Gasteiger charge is 2.52. The van der Waals surface area contributed by atoms with Crippen molar-refractivity contribution < 1.29 is 14.3 Å². The zero-order chi connectivity index (χ0) is 14.4. The van der Waals surface area contributed by atoms with E-state index < -0.39 is 5.60 Å². The lowest BCUT2D eigenvalue weighted by Gasteiger charge is -2.26. The number of hydrogen-bond donors (Lipinski definition) is 1. The quantitative estimate of drug-likeness (QED) is 0.787. The lowest BCUT2D eigenvalue weighted by Crippen LogP contribution is -2.37. The Kier molecular flexibility index (Phi) is 3.27. The van der Waals surface area contributed by atoms with Crippen LogP contribution in [0.3, 0.4) is 0 Å². The molecular formula is C14H24N2O3. The summed E-state index contributed by atoms with van der Waals surface area (Å²) in [4.78, 5) is 25.1. The number of nitrogens with zero attached hydrogens (tertiary/aromatic N) is 1. The van der Waals surface area contributed by atoms with Crippen molar-refractivity contribution in [1.29, 1.82) is 0 Å². The number of nitrogens with two attached hydrogens (primary N) is 1. The molecule has 5 nitrogen and oxygen atoms in total. The molecule has 1 aliphatic heterocycles. The first-order valence-electron chi connectivity index (χ1n) is 6.88. The molecule has 2 aliphatic rings. The zero-order valence-electron chi connectivity index (χ0n) is 12.2. The third-order valence-electron chi connectivity index (χ3n) is 4.31. The Morgan fingerprint density at radius 2 is 2.00 bits per heavy atom. The summed E-state index contributed by atoms with van der Waals surface area (Å²) in [6.45, 7) is 9.09. The van der Waals surface area contributed by atoms with Gasteiger partial charge in [0.15, 0.2) is 0 Å². The Balaban J connectivity index is 1.99.